The van der Waals surface area contributed by atoms with Gasteiger partial charge >= 0.3 is 0 Å². The van der Waals surface area contributed by atoms with Crippen LogP contribution in [0.2, 0.25) is 0 Å². The van der Waals surface area contributed by atoms with Crippen LogP contribution in [0.4, 0.5) is 8.78 Å². The number of hydrogen-bond donors (Lipinski definition) is 2. The maximum absolute atomic E-state index is 13.4. The van der Waals surface area contributed by atoms with Crippen LogP contribution in [-0.4, -0.2) is 16.7 Å². The Morgan fingerprint density at radius 1 is 1.27 bits per heavy atom. The molecule has 0 spiro atoms. The number of hydrogen-bond acceptors (Lipinski definition) is 1. The van der Waals surface area contributed by atoms with E-state index in [0.717, 1.165) is 5.39 Å². The topological polar surface area (TPSA) is 36.0 Å². The van der Waals surface area contributed by atoms with E-state index in [0.29, 0.717) is 5.52 Å². The number of aromatic nitrogens is 1. The molecule has 0 aliphatic heterocycles. The molecule has 0 bridgehead atoms. The lowest BCUT2D eigenvalue weighted by Crippen LogP contribution is -2.14. The summed E-state index contributed by atoms with van der Waals surface area (Å²) in [5, 5.41) is 9.45. The van der Waals surface area contributed by atoms with Crippen molar-refractivity contribution in [3.8, 4) is 0 Å². The molecule has 0 aliphatic carbocycles. The van der Waals surface area contributed by atoms with E-state index in [2.05, 4.69) is 4.98 Å². The molecule has 2 rings (SSSR count). The van der Waals surface area contributed by atoms with Crippen LogP contribution in [0.15, 0.2) is 30.5 Å². The van der Waals surface area contributed by atoms with Crippen LogP contribution >= 0.6 is 0 Å². The number of H-pyrrole nitrogens is 1. The van der Waals surface area contributed by atoms with Crippen molar-refractivity contribution in [2.24, 2.45) is 0 Å². The Hall–Kier alpha value is -1.42. The van der Waals surface area contributed by atoms with Gasteiger partial charge in [-0.1, -0.05) is 12.1 Å². The van der Waals surface area contributed by atoms with E-state index < -0.39 is 19.0 Å². The van der Waals surface area contributed by atoms with Crippen molar-refractivity contribution in [3.05, 3.63) is 36.0 Å². The maximum Gasteiger partial charge on any atom is 0.275 e. The summed E-state index contributed by atoms with van der Waals surface area (Å²) in [5.41, 5.74) is 0.622. The first kappa shape index (κ1) is 10.1. The second-order valence-corrected chi connectivity index (χ2v) is 3.46. The van der Waals surface area contributed by atoms with Crippen LogP contribution in [0.3, 0.4) is 0 Å². The van der Waals surface area contributed by atoms with E-state index in [9.17, 15) is 8.78 Å². The van der Waals surface area contributed by atoms with Gasteiger partial charge in [-0.15, -0.1) is 0 Å². The van der Waals surface area contributed by atoms with Crippen LogP contribution in [0.25, 0.3) is 10.9 Å². The number of nitrogens with one attached hydrogen (secondary N) is 1. The highest BCUT2D eigenvalue weighted by Crippen LogP contribution is 2.32. The molecule has 80 valence electrons. The lowest BCUT2D eigenvalue weighted by Gasteiger charge is -2.15. The predicted molar refractivity (Wildman–Crippen MR) is 53.9 cm³/mol. The van der Waals surface area contributed by atoms with E-state index >= 15 is 0 Å². The van der Waals surface area contributed by atoms with Gasteiger partial charge in [0.15, 0.2) is 0 Å². The first-order valence-corrected chi connectivity index (χ1v) is 4.70. The van der Waals surface area contributed by atoms with E-state index in [1.54, 1.807) is 12.3 Å². The van der Waals surface area contributed by atoms with E-state index in [4.69, 9.17) is 5.11 Å². The summed E-state index contributed by atoms with van der Waals surface area (Å²) in [4.78, 5) is 2.88. The zero-order chi connectivity index (χ0) is 10.9. The van der Waals surface area contributed by atoms with Crippen LogP contribution in [0.5, 0.6) is 0 Å². The van der Waals surface area contributed by atoms with Gasteiger partial charge in [0.05, 0.1) is 0 Å². The summed E-state index contributed by atoms with van der Waals surface area (Å²) in [6, 6.07) is 6.28. The highest BCUT2D eigenvalue weighted by molar-refractivity contribution is 5.80. The van der Waals surface area contributed by atoms with Gasteiger partial charge in [0.1, 0.15) is 0 Å². The molecule has 1 heterocycles. The van der Waals surface area contributed by atoms with Crippen molar-refractivity contribution in [3.63, 3.8) is 0 Å². The largest absolute Gasteiger partial charge is 0.396 e. The molecule has 0 fully saturated rings. The maximum atomic E-state index is 13.4. The highest BCUT2D eigenvalue weighted by Gasteiger charge is 2.30. The molecular formula is C11H11F2NO. The number of rotatable bonds is 3. The van der Waals surface area contributed by atoms with Gasteiger partial charge in [0, 0.05) is 30.3 Å². The van der Waals surface area contributed by atoms with Gasteiger partial charge in [0.2, 0.25) is 0 Å². The number of aliphatic hydroxyl groups is 1. The van der Waals surface area contributed by atoms with Crippen LogP contribution in [0, 0.1) is 0 Å². The molecule has 0 unspecified atom stereocenters. The Labute approximate surface area is 85.5 Å². The molecule has 0 aliphatic rings. The quantitative estimate of drug-likeness (QED) is 0.804. The fourth-order valence-corrected chi connectivity index (χ4v) is 1.56. The minimum atomic E-state index is -2.96. The first-order valence-electron chi connectivity index (χ1n) is 4.70. The number of fused-ring (bicyclic) bond motifs is 1. The molecule has 0 saturated carbocycles. The lowest BCUT2D eigenvalue weighted by molar-refractivity contribution is -0.0268. The average molecular weight is 211 g/mol. The molecule has 1 aromatic carbocycles. The molecule has 0 atom stereocenters. The van der Waals surface area contributed by atoms with Crippen LogP contribution in [0.1, 0.15) is 12.0 Å². The van der Waals surface area contributed by atoms with Crippen molar-refractivity contribution in [1.29, 1.82) is 0 Å². The zero-order valence-electron chi connectivity index (χ0n) is 8.00. The van der Waals surface area contributed by atoms with Crippen molar-refractivity contribution in [2.75, 3.05) is 6.61 Å². The Balaban J connectivity index is 2.42. The second-order valence-electron chi connectivity index (χ2n) is 3.46. The predicted octanol–water partition coefficient (Wildman–Crippen LogP) is 2.64. The van der Waals surface area contributed by atoms with Gasteiger partial charge in [-0.05, 0) is 17.5 Å². The van der Waals surface area contributed by atoms with Gasteiger partial charge in [0.25, 0.3) is 5.92 Å². The lowest BCUT2D eigenvalue weighted by atomic mass is 10.0. The molecule has 2 N–H and O–H groups in total. The zero-order valence-corrected chi connectivity index (χ0v) is 8.00. The van der Waals surface area contributed by atoms with Gasteiger partial charge in [-0.2, -0.15) is 0 Å². The Morgan fingerprint density at radius 3 is 2.80 bits per heavy atom. The van der Waals surface area contributed by atoms with E-state index in [1.807, 2.05) is 6.07 Å². The molecule has 4 heteroatoms. The third-order valence-corrected chi connectivity index (χ3v) is 2.40. The van der Waals surface area contributed by atoms with Crippen LogP contribution in [-0.2, 0) is 5.92 Å². The van der Waals surface area contributed by atoms with Crippen molar-refractivity contribution in [1.82, 2.24) is 4.98 Å². The normalized spacial score (nSPS) is 12.2. The van der Waals surface area contributed by atoms with Crippen molar-refractivity contribution < 1.29 is 13.9 Å². The minimum absolute atomic E-state index is 0.0634. The number of aliphatic hydroxyl groups excluding tert-OH is 1. The average Bonchev–Trinajstić information content (AvgIpc) is 2.63. The molecule has 0 amide bonds. The third kappa shape index (κ3) is 1.85. The summed E-state index contributed by atoms with van der Waals surface area (Å²) >= 11 is 0. The Kier molecular flexibility index (Phi) is 2.44. The summed E-state index contributed by atoms with van der Waals surface area (Å²) in [6.45, 7) is -0.518. The second kappa shape index (κ2) is 3.62. The Morgan fingerprint density at radius 2 is 2.07 bits per heavy atom. The van der Waals surface area contributed by atoms with E-state index in [1.165, 1.54) is 12.1 Å². The summed E-state index contributed by atoms with van der Waals surface area (Å²) in [5.74, 6) is -2.96. The molecule has 2 nitrogen and oxygen atoms in total. The fraction of sp³-hybridized carbons (Fsp3) is 0.273. The summed E-state index contributed by atoms with van der Waals surface area (Å²) in [6.07, 6.45) is 1.16. The molecule has 1 aromatic heterocycles. The van der Waals surface area contributed by atoms with Gasteiger partial charge in [-0.3, -0.25) is 0 Å². The number of halogens is 2. The van der Waals surface area contributed by atoms with E-state index in [-0.39, 0.29) is 5.56 Å². The highest BCUT2D eigenvalue weighted by atomic mass is 19.3. The van der Waals surface area contributed by atoms with Gasteiger partial charge in [-0.25, -0.2) is 8.78 Å². The van der Waals surface area contributed by atoms with Crippen LogP contribution < -0.4 is 0 Å². The smallest absolute Gasteiger partial charge is 0.275 e. The monoisotopic (exact) mass is 211 g/mol. The summed E-state index contributed by atoms with van der Waals surface area (Å²) < 4.78 is 26.8. The molecule has 0 radical (unpaired) electrons. The Bertz CT molecular complexity index is 464. The molecule has 2 aromatic rings. The van der Waals surface area contributed by atoms with Gasteiger partial charge < -0.3 is 10.1 Å². The standard InChI is InChI=1S/C11H11F2NO/c12-11(13,4-6-15)9-2-1-8-3-5-14-10(8)7-9/h1-3,5,7,14-15H,4,6H2. The number of alkyl halides is 2. The molecule has 15 heavy (non-hydrogen) atoms. The first-order chi connectivity index (χ1) is 7.13. The summed E-state index contributed by atoms with van der Waals surface area (Å²) in [7, 11) is 0. The minimum Gasteiger partial charge on any atom is -0.396 e. The molecule has 0 saturated heterocycles. The van der Waals surface area contributed by atoms with Crippen molar-refractivity contribution in [2.45, 2.75) is 12.3 Å². The van der Waals surface area contributed by atoms with Crippen molar-refractivity contribution >= 4 is 10.9 Å². The fourth-order valence-electron chi connectivity index (χ4n) is 1.56. The SMILES string of the molecule is OCCC(F)(F)c1ccc2cc[nH]c2c1. The number of aromatic amines is 1. The third-order valence-electron chi connectivity index (χ3n) is 2.40. The number of benzene rings is 1. The molecular weight excluding hydrogens is 200 g/mol.